The van der Waals surface area contributed by atoms with Crippen LogP contribution in [0.5, 0.6) is 5.75 Å². The topological polar surface area (TPSA) is 81.4 Å². The molecule has 2 rings (SSSR count). The molecule has 0 bridgehead atoms. The maximum Gasteiger partial charge on any atom is 0.235 e. The van der Waals surface area contributed by atoms with Crippen molar-refractivity contribution in [3.63, 3.8) is 0 Å². The molecule has 0 aliphatic heterocycles. The van der Waals surface area contributed by atoms with E-state index in [1.54, 1.807) is 18.2 Å². The number of ether oxygens (including phenoxy) is 1. The van der Waals surface area contributed by atoms with Crippen LogP contribution < -0.4 is 15.2 Å². The van der Waals surface area contributed by atoms with Crippen molar-refractivity contribution in [2.75, 3.05) is 17.6 Å². The highest BCUT2D eigenvalue weighted by Crippen LogP contribution is 2.30. The molecule has 0 aromatic heterocycles. The number of sulfonamides is 1. The van der Waals surface area contributed by atoms with Crippen LogP contribution in [0.1, 0.15) is 32.1 Å². The van der Waals surface area contributed by atoms with Crippen LogP contribution in [0.3, 0.4) is 0 Å². The highest BCUT2D eigenvalue weighted by Gasteiger charge is 2.27. The van der Waals surface area contributed by atoms with Crippen LogP contribution in [-0.2, 0) is 10.0 Å². The molecule has 19 heavy (non-hydrogen) atoms. The summed E-state index contributed by atoms with van der Waals surface area (Å²) < 4.78 is 32.4. The molecule has 0 amide bonds. The van der Waals surface area contributed by atoms with Gasteiger partial charge in [-0.3, -0.25) is 4.72 Å². The van der Waals surface area contributed by atoms with E-state index in [4.69, 9.17) is 10.5 Å². The normalized spacial score (nSPS) is 17.1. The number of benzene rings is 1. The van der Waals surface area contributed by atoms with Gasteiger partial charge in [-0.15, -0.1) is 0 Å². The van der Waals surface area contributed by atoms with Crippen LogP contribution in [0, 0.1) is 0 Å². The van der Waals surface area contributed by atoms with E-state index >= 15 is 0 Å². The molecular weight excluding hydrogens is 264 g/mol. The number of rotatable bonds is 4. The smallest absolute Gasteiger partial charge is 0.235 e. The Bertz CT molecular complexity index is 537. The fourth-order valence-electron chi connectivity index (χ4n) is 2.42. The third-order valence-corrected chi connectivity index (χ3v) is 5.32. The quantitative estimate of drug-likeness (QED) is 0.832. The zero-order valence-electron chi connectivity index (χ0n) is 11.1. The second-order valence-corrected chi connectivity index (χ2v) is 6.83. The van der Waals surface area contributed by atoms with Crippen LogP contribution in [0.25, 0.3) is 0 Å². The molecule has 1 aromatic rings. The number of nitrogen functional groups attached to an aromatic ring is 1. The van der Waals surface area contributed by atoms with Crippen LogP contribution >= 0.6 is 0 Å². The molecule has 1 saturated carbocycles. The Labute approximate surface area is 114 Å². The Hall–Kier alpha value is -1.43. The van der Waals surface area contributed by atoms with E-state index in [2.05, 4.69) is 4.72 Å². The zero-order chi connectivity index (χ0) is 13.9. The first-order valence-corrected chi connectivity index (χ1v) is 8.03. The first-order chi connectivity index (χ1) is 9.03. The average molecular weight is 284 g/mol. The van der Waals surface area contributed by atoms with Gasteiger partial charge in [0.2, 0.25) is 10.0 Å². The molecule has 0 atom stereocenters. The van der Waals surface area contributed by atoms with Crippen molar-refractivity contribution < 1.29 is 13.2 Å². The van der Waals surface area contributed by atoms with Crippen molar-refractivity contribution in [1.82, 2.24) is 0 Å². The fraction of sp³-hybridized carbons (Fsp3) is 0.538. The summed E-state index contributed by atoms with van der Waals surface area (Å²) in [4.78, 5) is 0. The SMILES string of the molecule is COc1ccc(N)cc1NS(=O)(=O)C1CCCCC1. The van der Waals surface area contributed by atoms with Gasteiger partial charge >= 0.3 is 0 Å². The predicted molar refractivity (Wildman–Crippen MR) is 76.8 cm³/mol. The third-order valence-electron chi connectivity index (χ3n) is 3.47. The average Bonchev–Trinajstić information content (AvgIpc) is 2.39. The van der Waals surface area contributed by atoms with E-state index in [-0.39, 0.29) is 5.25 Å². The molecular formula is C13H20N2O3S. The fourth-order valence-corrected chi connectivity index (χ4v) is 4.00. The molecule has 5 nitrogen and oxygen atoms in total. The number of anilines is 2. The Morgan fingerprint density at radius 3 is 2.58 bits per heavy atom. The summed E-state index contributed by atoms with van der Waals surface area (Å²) in [6.45, 7) is 0. The Morgan fingerprint density at radius 1 is 1.26 bits per heavy atom. The van der Waals surface area contributed by atoms with Crippen molar-refractivity contribution in [3.8, 4) is 5.75 Å². The lowest BCUT2D eigenvalue weighted by molar-refractivity contribution is 0.417. The van der Waals surface area contributed by atoms with E-state index in [1.165, 1.54) is 7.11 Å². The summed E-state index contributed by atoms with van der Waals surface area (Å²) in [5.41, 5.74) is 6.60. The third kappa shape index (κ3) is 3.32. The Morgan fingerprint density at radius 2 is 1.95 bits per heavy atom. The van der Waals surface area contributed by atoms with Crippen molar-refractivity contribution in [2.45, 2.75) is 37.4 Å². The molecule has 1 fully saturated rings. The number of hydrogen-bond donors (Lipinski definition) is 2. The van der Waals surface area contributed by atoms with Crippen LogP contribution in [0.4, 0.5) is 11.4 Å². The Balaban J connectivity index is 2.21. The highest BCUT2D eigenvalue weighted by atomic mass is 32.2. The molecule has 0 radical (unpaired) electrons. The standard InChI is InChI=1S/C13H20N2O3S/c1-18-13-8-7-10(14)9-12(13)15-19(16,17)11-5-3-2-4-6-11/h7-9,11,15H,2-6,14H2,1H3. The van der Waals surface area contributed by atoms with Gasteiger partial charge in [0.25, 0.3) is 0 Å². The summed E-state index contributed by atoms with van der Waals surface area (Å²) in [5, 5.41) is -0.313. The van der Waals surface area contributed by atoms with Gasteiger partial charge in [-0.1, -0.05) is 19.3 Å². The van der Waals surface area contributed by atoms with Gasteiger partial charge in [0.05, 0.1) is 18.0 Å². The van der Waals surface area contributed by atoms with Gasteiger partial charge in [-0.25, -0.2) is 8.42 Å². The minimum atomic E-state index is -3.37. The number of nitrogens with one attached hydrogen (secondary N) is 1. The maximum absolute atomic E-state index is 12.3. The molecule has 3 N–H and O–H groups in total. The minimum Gasteiger partial charge on any atom is -0.495 e. The molecule has 0 heterocycles. The lowest BCUT2D eigenvalue weighted by Crippen LogP contribution is -2.29. The summed E-state index contributed by atoms with van der Waals surface area (Å²) in [6.07, 6.45) is 4.51. The number of methoxy groups -OCH3 is 1. The first-order valence-electron chi connectivity index (χ1n) is 6.48. The monoisotopic (exact) mass is 284 g/mol. The number of hydrogen-bond acceptors (Lipinski definition) is 4. The van der Waals surface area contributed by atoms with Crippen LogP contribution in [0.2, 0.25) is 0 Å². The molecule has 0 saturated heterocycles. The van der Waals surface area contributed by atoms with Gasteiger partial charge in [0.15, 0.2) is 0 Å². The van der Waals surface area contributed by atoms with Gasteiger partial charge < -0.3 is 10.5 Å². The van der Waals surface area contributed by atoms with E-state index in [1.807, 2.05) is 0 Å². The zero-order valence-corrected chi connectivity index (χ0v) is 11.9. The van der Waals surface area contributed by atoms with Gasteiger partial charge in [0, 0.05) is 5.69 Å². The van der Waals surface area contributed by atoms with Crippen LogP contribution in [-0.4, -0.2) is 20.8 Å². The lowest BCUT2D eigenvalue weighted by atomic mass is 10.0. The van der Waals surface area contributed by atoms with Gasteiger partial charge in [-0.05, 0) is 31.0 Å². The van der Waals surface area contributed by atoms with Crippen molar-refractivity contribution in [3.05, 3.63) is 18.2 Å². The molecule has 0 spiro atoms. The van der Waals surface area contributed by atoms with Crippen molar-refractivity contribution in [2.24, 2.45) is 0 Å². The summed E-state index contributed by atoms with van der Waals surface area (Å²) in [6, 6.07) is 4.92. The Kier molecular flexibility index (Phi) is 4.19. The van der Waals surface area contributed by atoms with Gasteiger partial charge in [-0.2, -0.15) is 0 Å². The summed E-state index contributed by atoms with van der Waals surface area (Å²) >= 11 is 0. The molecule has 0 unspecified atom stereocenters. The molecule has 1 aliphatic carbocycles. The second kappa shape index (κ2) is 5.69. The summed E-state index contributed by atoms with van der Waals surface area (Å²) in [5.74, 6) is 0.480. The van der Waals surface area contributed by atoms with Crippen molar-refractivity contribution in [1.29, 1.82) is 0 Å². The second-order valence-electron chi connectivity index (χ2n) is 4.87. The van der Waals surface area contributed by atoms with E-state index in [0.717, 1.165) is 32.1 Å². The van der Waals surface area contributed by atoms with E-state index < -0.39 is 10.0 Å². The molecule has 1 aromatic carbocycles. The largest absolute Gasteiger partial charge is 0.495 e. The summed E-state index contributed by atoms with van der Waals surface area (Å²) in [7, 11) is -1.87. The lowest BCUT2D eigenvalue weighted by Gasteiger charge is -2.23. The maximum atomic E-state index is 12.3. The van der Waals surface area contributed by atoms with E-state index in [0.29, 0.717) is 17.1 Å². The number of nitrogens with two attached hydrogens (primary N) is 1. The van der Waals surface area contributed by atoms with Crippen molar-refractivity contribution >= 4 is 21.4 Å². The van der Waals surface area contributed by atoms with Gasteiger partial charge in [0.1, 0.15) is 5.75 Å². The van der Waals surface area contributed by atoms with E-state index in [9.17, 15) is 8.42 Å². The molecule has 1 aliphatic rings. The predicted octanol–water partition coefficient (Wildman–Crippen LogP) is 2.35. The minimum absolute atomic E-state index is 0.313. The molecule has 106 valence electrons. The van der Waals surface area contributed by atoms with Crippen LogP contribution in [0.15, 0.2) is 18.2 Å². The molecule has 6 heteroatoms. The highest BCUT2D eigenvalue weighted by molar-refractivity contribution is 7.93. The first kappa shape index (κ1) is 14.0.